The van der Waals surface area contributed by atoms with Gasteiger partial charge in [0, 0.05) is 29.7 Å². The third-order valence-corrected chi connectivity index (χ3v) is 3.55. The summed E-state index contributed by atoms with van der Waals surface area (Å²) < 4.78 is 2.30. The summed E-state index contributed by atoms with van der Waals surface area (Å²) in [6.07, 6.45) is 1.66. The molecule has 100 valence electrons. The molecule has 1 aromatic carbocycles. The molecule has 0 amide bonds. The molecule has 0 bridgehead atoms. The Bertz CT molecular complexity index is 655. The van der Waals surface area contributed by atoms with Crippen molar-refractivity contribution < 1.29 is 0 Å². The normalized spacial score (nSPS) is 10.5. The molecule has 0 fully saturated rings. The third kappa shape index (κ3) is 3.36. The van der Waals surface area contributed by atoms with Gasteiger partial charge in [-0.15, -0.1) is 0 Å². The number of halogens is 2. The molecule has 1 heterocycles. The Morgan fingerprint density at radius 3 is 2.68 bits per heavy atom. The van der Waals surface area contributed by atoms with Gasteiger partial charge in [0.15, 0.2) is 0 Å². The van der Waals surface area contributed by atoms with Crippen molar-refractivity contribution in [3.63, 3.8) is 0 Å². The summed E-state index contributed by atoms with van der Waals surface area (Å²) in [4.78, 5) is 13.8. The van der Waals surface area contributed by atoms with Crippen LogP contribution in [0.1, 0.15) is 5.56 Å². The van der Waals surface area contributed by atoms with Crippen LogP contribution in [-0.2, 0) is 6.54 Å². The Morgan fingerprint density at radius 2 is 2.11 bits per heavy atom. The van der Waals surface area contributed by atoms with Gasteiger partial charge < -0.3 is 4.90 Å². The molecule has 0 saturated heterocycles. The van der Waals surface area contributed by atoms with Gasteiger partial charge in [-0.1, -0.05) is 33.6 Å². The molecule has 0 N–H and O–H groups in total. The van der Waals surface area contributed by atoms with Crippen molar-refractivity contribution in [1.82, 2.24) is 9.78 Å². The Hall–Kier alpha value is -1.33. The molecule has 0 radical (unpaired) electrons. The minimum atomic E-state index is -0.148. The number of benzene rings is 1. The van der Waals surface area contributed by atoms with Gasteiger partial charge in [-0.25, -0.2) is 4.68 Å². The Morgan fingerprint density at radius 1 is 1.37 bits per heavy atom. The molecule has 0 saturated carbocycles. The van der Waals surface area contributed by atoms with Crippen LogP contribution in [0.4, 0.5) is 5.69 Å². The summed E-state index contributed by atoms with van der Waals surface area (Å²) >= 11 is 9.48. The second-order valence-electron chi connectivity index (χ2n) is 4.34. The van der Waals surface area contributed by atoms with Gasteiger partial charge in [0.2, 0.25) is 0 Å². The lowest BCUT2D eigenvalue weighted by molar-refractivity contribution is 0.638. The van der Waals surface area contributed by atoms with E-state index >= 15 is 0 Å². The zero-order chi connectivity index (χ0) is 14.0. The molecule has 0 aliphatic carbocycles. The molecule has 0 unspecified atom stereocenters. The smallest absolute Gasteiger partial charge is 0.269 e. The van der Waals surface area contributed by atoms with E-state index in [0.717, 1.165) is 15.7 Å². The Kier molecular flexibility index (Phi) is 4.27. The number of nitrogens with zero attached hydrogens (tertiary/aromatic N) is 3. The first-order chi connectivity index (χ1) is 8.97. The maximum Gasteiger partial charge on any atom is 0.269 e. The van der Waals surface area contributed by atoms with E-state index in [1.54, 1.807) is 18.3 Å². The van der Waals surface area contributed by atoms with Crippen molar-refractivity contribution in [2.24, 2.45) is 0 Å². The maximum atomic E-state index is 11.9. The van der Waals surface area contributed by atoms with Crippen LogP contribution >= 0.6 is 27.5 Å². The van der Waals surface area contributed by atoms with Gasteiger partial charge in [-0.3, -0.25) is 4.79 Å². The summed E-state index contributed by atoms with van der Waals surface area (Å²) in [5.74, 6) is 0. The van der Waals surface area contributed by atoms with Crippen molar-refractivity contribution in [2.75, 3.05) is 19.0 Å². The van der Waals surface area contributed by atoms with Gasteiger partial charge in [-0.2, -0.15) is 5.10 Å². The van der Waals surface area contributed by atoms with E-state index in [0.29, 0.717) is 11.6 Å². The van der Waals surface area contributed by atoms with Crippen LogP contribution in [0.5, 0.6) is 0 Å². The van der Waals surface area contributed by atoms with Crippen LogP contribution in [0.2, 0.25) is 5.02 Å². The van der Waals surface area contributed by atoms with Crippen LogP contribution in [0.3, 0.4) is 0 Å². The highest BCUT2D eigenvalue weighted by Crippen LogP contribution is 2.21. The second-order valence-corrected chi connectivity index (χ2v) is 5.66. The van der Waals surface area contributed by atoms with E-state index in [1.807, 2.05) is 31.1 Å². The average Bonchev–Trinajstić information content (AvgIpc) is 2.34. The summed E-state index contributed by atoms with van der Waals surface area (Å²) in [6.45, 7) is 0.360. The summed E-state index contributed by atoms with van der Waals surface area (Å²) in [6, 6.07) is 7.12. The highest BCUT2D eigenvalue weighted by molar-refractivity contribution is 9.10. The van der Waals surface area contributed by atoms with Crippen LogP contribution in [0.15, 0.2) is 39.7 Å². The minimum Gasteiger partial charge on any atom is -0.376 e. The summed E-state index contributed by atoms with van der Waals surface area (Å²) in [7, 11) is 3.73. The van der Waals surface area contributed by atoms with Crippen molar-refractivity contribution in [3.05, 3.63) is 55.9 Å². The standard InChI is InChI=1S/C13H13BrClN3O/c1-17(2)11-6-13(19)18(16-7-11)8-9-3-4-10(14)5-12(9)15/h3-7H,8H2,1-2H3. The van der Waals surface area contributed by atoms with Crippen LogP contribution < -0.4 is 10.5 Å². The zero-order valence-electron chi connectivity index (χ0n) is 10.6. The van der Waals surface area contributed by atoms with E-state index in [2.05, 4.69) is 21.0 Å². The topological polar surface area (TPSA) is 38.1 Å². The molecule has 0 atom stereocenters. The Balaban J connectivity index is 2.31. The number of aromatic nitrogens is 2. The first kappa shape index (κ1) is 14.1. The molecular weight excluding hydrogens is 330 g/mol. The maximum absolute atomic E-state index is 11.9. The van der Waals surface area contributed by atoms with Crippen LogP contribution in [0, 0.1) is 0 Å². The number of hydrogen-bond donors (Lipinski definition) is 0. The SMILES string of the molecule is CN(C)c1cnn(Cc2ccc(Br)cc2Cl)c(=O)c1. The molecule has 2 aromatic rings. The molecule has 19 heavy (non-hydrogen) atoms. The van der Waals surface area contributed by atoms with E-state index in [4.69, 9.17) is 11.6 Å². The first-order valence-corrected chi connectivity index (χ1v) is 6.83. The lowest BCUT2D eigenvalue weighted by atomic mass is 10.2. The zero-order valence-corrected chi connectivity index (χ0v) is 12.9. The highest BCUT2D eigenvalue weighted by atomic mass is 79.9. The molecular formula is C13H13BrClN3O. The third-order valence-electron chi connectivity index (χ3n) is 2.71. The Labute approximate surface area is 124 Å². The van der Waals surface area contributed by atoms with Crippen molar-refractivity contribution in [1.29, 1.82) is 0 Å². The van der Waals surface area contributed by atoms with Crippen molar-refractivity contribution in [3.8, 4) is 0 Å². The van der Waals surface area contributed by atoms with E-state index < -0.39 is 0 Å². The summed E-state index contributed by atoms with van der Waals surface area (Å²) in [5.41, 5.74) is 1.49. The second kappa shape index (κ2) is 5.75. The highest BCUT2D eigenvalue weighted by Gasteiger charge is 2.06. The van der Waals surface area contributed by atoms with Gasteiger partial charge in [0.05, 0.1) is 18.4 Å². The van der Waals surface area contributed by atoms with Gasteiger partial charge in [0.25, 0.3) is 5.56 Å². The number of rotatable bonds is 3. The summed E-state index contributed by atoms with van der Waals surface area (Å²) in [5, 5.41) is 4.76. The first-order valence-electron chi connectivity index (χ1n) is 5.66. The minimum absolute atomic E-state index is 0.148. The lowest BCUT2D eigenvalue weighted by Gasteiger charge is -2.12. The largest absolute Gasteiger partial charge is 0.376 e. The van der Waals surface area contributed by atoms with Gasteiger partial charge in [0.1, 0.15) is 0 Å². The van der Waals surface area contributed by atoms with E-state index in [9.17, 15) is 4.79 Å². The quantitative estimate of drug-likeness (QED) is 0.861. The fourth-order valence-corrected chi connectivity index (χ4v) is 2.33. The molecule has 4 nitrogen and oxygen atoms in total. The molecule has 0 aliphatic heterocycles. The molecule has 6 heteroatoms. The molecule has 1 aromatic heterocycles. The van der Waals surface area contributed by atoms with E-state index in [1.165, 1.54) is 4.68 Å². The van der Waals surface area contributed by atoms with E-state index in [-0.39, 0.29) is 5.56 Å². The van der Waals surface area contributed by atoms with Crippen molar-refractivity contribution in [2.45, 2.75) is 6.54 Å². The predicted molar refractivity (Wildman–Crippen MR) is 81.1 cm³/mol. The molecule has 2 rings (SSSR count). The van der Waals surface area contributed by atoms with Crippen molar-refractivity contribution >= 4 is 33.2 Å². The monoisotopic (exact) mass is 341 g/mol. The fraction of sp³-hybridized carbons (Fsp3) is 0.231. The number of hydrogen-bond acceptors (Lipinski definition) is 3. The fourth-order valence-electron chi connectivity index (χ4n) is 1.60. The van der Waals surface area contributed by atoms with Crippen LogP contribution in [0.25, 0.3) is 0 Å². The molecule has 0 aliphatic rings. The molecule has 0 spiro atoms. The van der Waals surface area contributed by atoms with Gasteiger partial charge >= 0.3 is 0 Å². The number of anilines is 1. The van der Waals surface area contributed by atoms with Crippen LogP contribution in [-0.4, -0.2) is 23.9 Å². The predicted octanol–water partition coefficient (Wildman–Crippen LogP) is 2.77. The average molecular weight is 343 g/mol. The van der Waals surface area contributed by atoms with Gasteiger partial charge in [-0.05, 0) is 17.7 Å². The lowest BCUT2D eigenvalue weighted by Crippen LogP contribution is -2.24.